The first-order valence-electron chi connectivity index (χ1n) is 6.05. The molecule has 0 fully saturated rings. The summed E-state index contributed by atoms with van der Waals surface area (Å²) in [4.78, 5) is 27.4. The summed E-state index contributed by atoms with van der Waals surface area (Å²) < 4.78 is 5.14. The summed E-state index contributed by atoms with van der Waals surface area (Å²) >= 11 is 0. The average Bonchev–Trinajstić information content (AvgIpc) is 2.79. The van der Waals surface area contributed by atoms with E-state index in [1.165, 1.54) is 6.07 Å². The lowest BCUT2D eigenvalue weighted by Crippen LogP contribution is -2.11. The normalized spacial score (nSPS) is 13.6. The van der Waals surface area contributed by atoms with Gasteiger partial charge in [-0.1, -0.05) is 12.2 Å². The van der Waals surface area contributed by atoms with Gasteiger partial charge in [0.05, 0.1) is 0 Å². The Kier molecular flexibility index (Phi) is 4.16. The highest BCUT2D eigenvalue weighted by atomic mass is 17.1. The standard InChI is InChI=1S/C14H14O6/c1-2-3-4-8-9(10(15)7-20-18)5-12-13(14(8)17)11(16)6-19-12/h2-3,5,17-18H,4,6-7H2,1H3/b3-2+. The number of hydrogen-bond acceptors (Lipinski definition) is 6. The number of hydrogen-bond donors (Lipinski definition) is 2. The second-order valence-electron chi connectivity index (χ2n) is 4.31. The average molecular weight is 278 g/mol. The molecule has 106 valence electrons. The van der Waals surface area contributed by atoms with Gasteiger partial charge >= 0.3 is 0 Å². The fourth-order valence-corrected chi connectivity index (χ4v) is 2.11. The maximum absolute atomic E-state index is 11.9. The van der Waals surface area contributed by atoms with Gasteiger partial charge in [0.1, 0.15) is 23.7 Å². The molecule has 0 bridgehead atoms. The number of ether oxygens (including phenoxy) is 1. The molecule has 1 aromatic rings. The van der Waals surface area contributed by atoms with E-state index in [1.54, 1.807) is 19.1 Å². The molecule has 6 nitrogen and oxygen atoms in total. The molecule has 1 aliphatic rings. The van der Waals surface area contributed by atoms with E-state index in [0.717, 1.165) is 0 Å². The van der Waals surface area contributed by atoms with Crippen molar-refractivity contribution in [3.8, 4) is 11.5 Å². The molecule has 6 heteroatoms. The van der Waals surface area contributed by atoms with Crippen LogP contribution in [-0.4, -0.2) is 35.1 Å². The third-order valence-electron chi connectivity index (χ3n) is 3.06. The van der Waals surface area contributed by atoms with Gasteiger partial charge in [0.2, 0.25) is 5.78 Å². The summed E-state index contributed by atoms with van der Waals surface area (Å²) in [6.07, 6.45) is 3.80. The van der Waals surface area contributed by atoms with Crippen LogP contribution in [0.5, 0.6) is 11.5 Å². The van der Waals surface area contributed by atoms with Crippen molar-refractivity contribution in [3.05, 3.63) is 34.9 Å². The number of phenolic OH excluding ortho intramolecular Hbond substituents is 1. The number of benzene rings is 1. The number of carbonyl (C=O) groups excluding carboxylic acids is 2. The molecule has 20 heavy (non-hydrogen) atoms. The molecule has 0 spiro atoms. The van der Waals surface area contributed by atoms with Crippen molar-refractivity contribution in [2.24, 2.45) is 0 Å². The Morgan fingerprint density at radius 1 is 1.55 bits per heavy atom. The number of Topliss-reactive ketones (excluding diaryl/α,β-unsaturated/α-hetero) is 2. The van der Waals surface area contributed by atoms with Crippen LogP contribution in [0, 0.1) is 0 Å². The highest BCUT2D eigenvalue weighted by Crippen LogP contribution is 2.38. The van der Waals surface area contributed by atoms with Crippen molar-refractivity contribution >= 4 is 11.6 Å². The first kappa shape index (κ1) is 14.2. The van der Waals surface area contributed by atoms with Crippen LogP contribution in [0.15, 0.2) is 18.2 Å². The second kappa shape index (κ2) is 5.85. The van der Waals surface area contributed by atoms with Gasteiger partial charge in [-0.2, -0.15) is 0 Å². The Balaban J connectivity index is 2.57. The Hall–Kier alpha value is -2.18. The largest absolute Gasteiger partial charge is 0.507 e. The molecule has 1 aliphatic heterocycles. The molecule has 2 N–H and O–H groups in total. The van der Waals surface area contributed by atoms with Crippen molar-refractivity contribution in [3.63, 3.8) is 0 Å². The van der Waals surface area contributed by atoms with E-state index in [9.17, 15) is 14.7 Å². The Morgan fingerprint density at radius 2 is 2.30 bits per heavy atom. The summed E-state index contributed by atoms with van der Waals surface area (Å²) in [5.74, 6) is -0.896. The molecule has 1 aromatic carbocycles. The highest BCUT2D eigenvalue weighted by Gasteiger charge is 2.30. The predicted molar refractivity (Wildman–Crippen MR) is 69.4 cm³/mol. The molecule has 0 saturated heterocycles. The van der Waals surface area contributed by atoms with Gasteiger partial charge in [-0.15, -0.1) is 0 Å². The van der Waals surface area contributed by atoms with Crippen LogP contribution >= 0.6 is 0 Å². The quantitative estimate of drug-likeness (QED) is 0.369. The van der Waals surface area contributed by atoms with Crippen molar-refractivity contribution < 1.29 is 29.6 Å². The van der Waals surface area contributed by atoms with Crippen LogP contribution in [-0.2, 0) is 11.3 Å². The second-order valence-corrected chi connectivity index (χ2v) is 4.31. The Bertz CT molecular complexity index is 588. The molecule has 0 radical (unpaired) electrons. The Labute approximate surface area is 115 Å². The summed E-state index contributed by atoms with van der Waals surface area (Å²) in [7, 11) is 0. The number of allylic oxidation sites excluding steroid dienone is 2. The zero-order chi connectivity index (χ0) is 14.7. The molecule has 0 unspecified atom stereocenters. The van der Waals surface area contributed by atoms with E-state index in [4.69, 9.17) is 9.99 Å². The maximum atomic E-state index is 11.9. The molecule has 0 aromatic heterocycles. The van der Waals surface area contributed by atoms with E-state index >= 15 is 0 Å². The van der Waals surface area contributed by atoms with Crippen LogP contribution < -0.4 is 4.74 Å². The van der Waals surface area contributed by atoms with E-state index < -0.39 is 12.4 Å². The van der Waals surface area contributed by atoms with Gasteiger partial charge < -0.3 is 9.84 Å². The van der Waals surface area contributed by atoms with Gasteiger partial charge in [0.25, 0.3) is 0 Å². The van der Waals surface area contributed by atoms with E-state index in [-0.39, 0.29) is 41.4 Å². The van der Waals surface area contributed by atoms with E-state index in [2.05, 4.69) is 4.89 Å². The minimum atomic E-state index is -0.533. The summed E-state index contributed by atoms with van der Waals surface area (Å²) in [6.45, 7) is 1.12. The zero-order valence-electron chi connectivity index (χ0n) is 10.9. The lowest BCUT2D eigenvalue weighted by Gasteiger charge is -2.11. The van der Waals surface area contributed by atoms with Crippen molar-refractivity contribution in [2.75, 3.05) is 13.2 Å². The fraction of sp³-hybridized carbons (Fsp3) is 0.286. The molecule has 0 aliphatic carbocycles. The Morgan fingerprint density at radius 3 is 2.95 bits per heavy atom. The van der Waals surface area contributed by atoms with Crippen LogP contribution in [0.1, 0.15) is 33.2 Å². The number of fused-ring (bicyclic) bond motifs is 1. The summed E-state index contributed by atoms with van der Waals surface area (Å²) in [6, 6.07) is 1.40. The molecule has 0 atom stereocenters. The summed E-state index contributed by atoms with van der Waals surface area (Å²) in [5, 5.41) is 18.6. The van der Waals surface area contributed by atoms with Crippen molar-refractivity contribution in [1.29, 1.82) is 0 Å². The predicted octanol–water partition coefficient (Wildman–Crippen LogP) is 1.76. The topological polar surface area (TPSA) is 93.1 Å². The van der Waals surface area contributed by atoms with Gasteiger partial charge in [-0.05, 0) is 19.4 Å². The lowest BCUT2D eigenvalue weighted by atomic mass is 9.95. The van der Waals surface area contributed by atoms with Gasteiger partial charge in [-0.25, -0.2) is 4.89 Å². The van der Waals surface area contributed by atoms with Crippen LogP contribution in [0.2, 0.25) is 0 Å². The van der Waals surface area contributed by atoms with E-state index in [0.29, 0.717) is 5.56 Å². The highest BCUT2D eigenvalue weighted by molar-refractivity contribution is 6.08. The van der Waals surface area contributed by atoms with Crippen molar-refractivity contribution in [2.45, 2.75) is 13.3 Å². The first-order valence-corrected chi connectivity index (χ1v) is 6.05. The third kappa shape index (κ3) is 2.43. The maximum Gasteiger partial charge on any atom is 0.207 e. The number of phenols is 1. The van der Waals surface area contributed by atoms with E-state index in [1.807, 2.05) is 0 Å². The van der Waals surface area contributed by atoms with Gasteiger partial charge in [-0.3, -0.25) is 14.8 Å². The minimum Gasteiger partial charge on any atom is -0.507 e. The summed E-state index contributed by atoms with van der Waals surface area (Å²) in [5.41, 5.74) is 0.594. The third-order valence-corrected chi connectivity index (χ3v) is 3.06. The molecular formula is C14H14O6. The number of ketones is 2. The van der Waals surface area contributed by atoms with Gasteiger partial charge in [0, 0.05) is 11.1 Å². The van der Waals surface area contributed by atoms with Crippen LogP contribution in [0.25, 0.3) is 0 Å². The molecule has 2 rings (SSSR count). The van der Waals surface area contributed by atoms with Gasteiger partial charge in [0.15, 0.2) is 12.4 Å². The number of aromatic hydroxyl groups is 1. The zero-order valence-corrected chi connectivity index (χ0v) is 10.9. The van der Waals surface area contributed by atoms with Crippen molar-refractivity contribution in [1.82, 2.24) is 0 Å². The number of carbonyl (C=O) groups is 2. The molecule has 1 heterocycles. The molecule has 0 amide bonds. The SMILES string of the molecule is C/C=C/Cc1c(C(=O)COO)cc2c(c1O)C(=O)CO2. The van der Waals surface area contributed by atoms with Crippen LogP contribution in [0.3, 0.4) is 0 Å². The first-order chi connectivity index (χ1) is 9.60. The molecular weight excluding hydrogens is 264 g/mol. The minimum absolute atomic E-state index is 0.103. The smallest absolute Gasteiger partial charge is 0.207 e. The molecule has 0 saturated carbocycles. The lowest BCUT2D eigenvalue weighted by molar-refractivity contribution is -0.230. The monoisotopic (exact) mass is 278 g/mol. The fourth-order valence-electron chi connectivity index (χ4n) is 2.11. The number of rotatable bonds is 5. The van der Waals surface area contributed by atoms with Crippen LogP contribution in [0.4, 0.5) is 0 Å².